The molecule has 0 bridgehead atoms. The Morgan fingerprint density at radius 2 is 1.97 bits per heavy atom. The average molecular weight is 441 g/mol. The molecule has 0 saturated carbocycles. The summed E-state index contributed by atoms with van der Waals surface area (Å²) in [6.45, 7) is 2.93. The summed E-state index contributed by atoms with van der Waals surface area (Å²) in [5.74, 6) is -0.137. The van der Waals surface area contributed by atoms with Crippen LogP contribution in [0.25, 0.3) is 10.2 Å². The van der Waals surface area contributed by atoms with Gasteiger partial charge in [0.05, 0.1) is 17.9 Å². The number of carbonyl (C=O) groups is 1. The smallest absolute Gasteiger partial charge is 0.266 e. The molecule has 4 rings (SSSR count). The quantitative estimate of drug-likeness (QED) is 0.391. The molecule has 2 aromatic carbocycles. The monoisotopic (exact) mass is 440 g/mol. The minimum atomic E-state index is -0.514. The number of hydrogen-bond donors (Lipinski definition) is 0. The van der Waals surface area contributed by atoms with Gasteiger partial charge in [0.1, 0.15) is 11.3 Å². The molecule has 0 aliphatic carbocycles. The third-order valence-corrected chi connectivity index (χ3v) is 5.55. The molecule has 9 heteroatoms. The highest BCUT2D eigenvalue weighted by atomic mass is 32.1. The Morgan fingerprint density at radius 3 is 2.74 bits per heavy atom. The lowest BCUT2D eigenvalue weighted by atomic mass is 10.3. The van der Waals surface area contributed by atoms with E-state index < -0.39 is 5.82 Å². The van der Waals surface area contributed by atoms with E-state index >= 15 is 0 Å². The molecule has 160 valence electrons. The van der Waals surface area contributed by atoms with Crippen LogP contribution in [-0.4, -0.2) is 40.4 Å². The summed E-state index contributed by atoms with van der Waals surface area (Å²) < 4.78 is 27.6. The maximum Gasteiger partial charge on any atom is 0.266 e. The molecule has 0 fully saturated rings. The van der Waals surface area contributed by atoms with Crippen LogP contribution in [0.4, 0.5) is 9.52 Å². The van der Waals surface area contributed by atoms with Crippen molar-refractivity contribution in [2.45, 2.75) is 13.5 Å². The molecule has 0 aliphatic rings. The summed E-state index contributed by atoms with van der Waals surface area (Å²) in [7, 11) is 0. The largest absolute Gasteiger partial charge is 0.492 e. The normalized spacial score (nSPS) is 10.9. The van der Waals surface area contributed by atoms with Gasteiger partial charge in [-0.2, -0.15) is 5.10 Å². The lowest BCUT2D eigenvalue weighted by Crippen LogP contribution is -2.37. The van der Waals surface area contributed by atoms with E-state index in [1.165, 1.54) is 23.5 Å². The number of thiazole rings is 1. The third-order valence-electron chi connectivity index (χ3n) is 4.50. The maximum absolute atomic E-state index is 13.9. The van der Waals surface area contributed by atoms with Crippen molar-refractivity contribution in [1.82, 2.24) is 14.8 Å². The van der Waals surface area contributed by atoms with Crippen LogP contribution in [0.2, 0.25) is 0 Å². The van der Waals surface area contributed by atoms with Gasteiger partial charge >= 0.3 is 0 Å². The highest BCUT2D eigenvalue weighted by molar-refractivity contribution is 7.22. The highest BCUT2D eigenvalue weighted by Gasteiger charge is 2.22. The zero-order chi connectivity index (χ0) is 21.6. The van der Waals surface area contributed by atoms with Crippen LogP contribution in [0.3, 0.4) is 0 Å². The summed E-state index contributed by atoms with van der Waals surface area (Å²) in [5.41, 5.74) is 0.705. The number of fused-ring (bicyclic) bond motifs is 1. The fraction of sp³-hybridized carbons (Fsp3) is 0.227. The van der Waals surface area contributed by atoms with Crippen LogP contribution in [0.1, 0.15) is 6.92 Å². The predicted molar refractivity (Wildman–Crippen MR) is 117 cm³/mol. The number of para-hydroxylation sites is 2. The Kier molecular flexibility index (Phi) is 6.42. The maximum atomic E-state index is 13.9. The van der Waals surface area contributed by atoms with Gasteiger partial charge in [-0.3, -0.25) is 14.4 Å². The van der Waals surface area contributed by atoms with Crippen molar-refractivity contribution in [1.29, 1.82) is 0 Å². The molecule has 0 unspecified atom stereocenters. The highest BCUT2D eigenvalue weighted by Crippen LogP contribution is 2.34. The van der Waals surface area contributed by atoms with E-state index in [0.717, 1.165) is 4.70 Å². The van der Waals surface area contributed by atoms with Gasteiger partial charge in [-0.05, 0) is 37.3 Å². The summed E-state index contributed by atoms with van der Waals surface area (Å²) in [6.07, 6.45) is 3.50. The van der Waals surface area contributed by atoms with Gasteiger partial charge in [0, 0.05) is 18.9 Å². The first-order valence-corrected chi connectivity index (χ1v) is 10.6. The molecular weight excluding hydrogens is 419 g/mol. The molecule has 0 saturated heterocycles. The first-order valence-electron chi connectivity index (χ1n) is 9.83. The minimum Gasteiger partial charge on any atom is -0.492 e. The number of anilines is 1. The van der Waals surface area contributed by atoms with Crippen LogP contribution in [0.5, 0.6) is 11.5 Å². The first-order chi connectivity index (χ1) is 15.2. The summed E-state index contributed by atoms with van der Waals surface area (Å²) in [4.78, 5) is 19.3. The number of carbonyl (C=O) groups excluding carboxylic acids is 1. The number of aromatic nitrogens is 3. The van der Waals surface area contributed by atoms with Crippen molar-refractivity contribution in [3.63, 3.8) is 0 Å². The Labute approximate surface area is 182 Å². The second kappa shape index (κ2) is 9.57. The summed E-state index contributed by atoms with van der Waals surface area (Å²) in [5, 5.41) is 4.71. The third kappa shape index (κ3) is 4.83. The van der Waals surface area contributed by atoms with Crippen LogP contribution in [0, 0.1) is 5.82 Å². The van der Waals surface area contributed by atoms with Gasteiger partial charge < -0.3 is 9.47 Å². The number of rotatable bonds is 9. The topological polar surface area (TPSA) is 69.5 Å². The molecular formula is C22H21FN4O3S. The van der Waals surface area contributed by atoms with Crippen LogP contribution < -0.4 is 14.4 Å². The number of nitrogens with zero attached hydrogens (tertiary/aromatic N) is 4. The number of amides is 1. The fourth-order valence-electron chi connectivity index (χ4n) is 3.04. The lowest BCUT2D eigenvalue weighted by molar-refractivity contribution is -0.120. The van der Waals surface area contributed by atoms with Crippen LogP contribution in [-0.2, 0) is 11.3 Å². The summed E-state index contributed by atoms with van der Waals surface area (Å²) in [6, 6.07) is 13.5. The molecule has 7 nitrogen and oxygen atoms in total. The van der Waals surface area contributed by atoms with Crippen molar-refractivity contribution >= 4 is 32.6 Å². The van der Waals surface area contributed by atoms with E-state index in [0.29, 0.717) is 36.1 Å². The van der Waals surface area contributed by atoms with E-state index in [1.807, 2.05) is 37.4 Å². The SMILES string of the molecule is CCOc1cccc2sc(N(CCn3cccn3)C(=O)COc3ccccc3F)nc12. The van der Waals surface area contributed by atoms with E-state index in [4.69, 9.17) is 9.47 Å². The van der Waals surface area contributed by atoms with Gasteiger partial charge in [-0.15, -0.1) is 0 Å². The molecule has 2 heterocycles. The second-order valence-corrected chi connectivity index (χ2v) is 7.58. The Balaban J connectivity index is 1.59. The molecule has 1 amide bonds. The van der Waals surface area contributed by atoms with Crippen molar-refractivity contribution in [2.75, 3.05) is 24.7 Å². The Bertz CT molecular complexity index is 1160. The molecule has 0 N–H and O–H groups in total. The van der Waals surface area contributed by atoms with E-state index in [2.05, 4.69) is 10.1 Å². The van der Waals surface area contributed by atoms with E-state index in [9.17, 15) is 9.18 Å². The molecule has 0 aliphatic heterocycles. The standard InChI is InChI=1S/C22H21FN4O3S/c1-2-29-18-9-5-10-19-21(18)25-22(31-19)27(14-13-26-12-6-11-24-26)20(28)15-30-17-8-4-3-7-16(17)23/h3-12H,2,13-15H2,1H3. The zero-order valence-electron chi connectivity index (χ0n) is 16.9. The first kappa shape index (κ1) is 20.8. The molecule has 0 radical (unpaired) electrons. The van der Waals surface area contributed by atoms with Gasteiger partial charge in [0.15, 0.2) is 23.3 Å². The van der Waals surface area contributed by atoms with Gasteiger partial charge in [-0.1, -0.05) is 29.5 Å². The lowest BCUT2D eigenvalue weighted by Gasteiger charge is -2.20. The van der Waals surface area contributed by atoms with Crippen molar-refractivity contribution < 1.29 is 18.7 Å². The molecule has 0 spiro atoms. The van der Waals surface area contributed by atoms with Crippen molar-refractivity contribution in [3.8, 4) is 11.5 Å². The zero-order valence-corrected chi connectivity index (χ0v) is 17.7. The summed E-state index contributed by atoms with van der Waals surface area (Å²) >= 11 is 1.39. The Hall–Kier alpha value is -3.46. The van der Waals surface area contributed by atoms with Gasteiger partial charge in [0.2, 0.25) is 0 Å². The molecule has 2 aromatic heterocycles. The average Bonchev–Trinajstić information content (AvgIpc) is 3.44. The van der Waals surface area contributed by atoms with Gasteiger partial charge in [-0.25, -0.2) is 9.37 Å². The molecule has 0 atom stereocenters. The number of halogens is 1. The van der Waals surface area contributed by atoms with Crippen molar-refractivity contribution in [2.24, 2.45) is 0 Å². The molecule has 31 heavy (non-hydrogen) atoms. The van der Waals surface area contributed by atoms with Crippen LogP contribution in [0.15, 0.2) is 60.9 Å². The van der Waals surface area contributed by atoms with Crippen molar-refractivity contribution in [3.05, 3.63) is 66.7 Å². The van der Waals surface area contributed by atoms with Gasteiger partial charge in [0.25, 0.3) is 5.91 Å². The number of hydrogen-bond acceptors (Lipinski definition) is 6. The Morgan fingerprint density at radius 1 is 1.13 bits per heavy atom. The predicted octanol–water partition coefficient (Wildman–Crippen LogP) is 4.14. The minimum absolute atomic E-state index is 0.0332. The second-order valence-electron chi connectivity index (χ2n) is 6.57. The number of ether oxygens (including phenoxy) is 2. The fourth-order valence-corrected chi connectivity index (χ4v) is 4.07. The van der Waals surface area contributed by atoms with E-state index in [-0.39, 0.29) is 18.3 Å². The number of benzene rings is 2. The molecule has 4 aromatic rings. The van der Waals surface area contributed by atoms with E-state index in [1.54, 1.807) is 27.9 Å². The van der Waals surface area contributed by atoms with Crippen LogP contribution >= 0.6 is 11.3 Å².